The minimum atomic E-state index is 0.333. The average molecular weight is 461 g/mol. The molecule has 0 spiro atoms. The predicted octanol–water partition coefficient (Wildman–Crippen LogP) is 9.63. The molecule has 0 amide bonds. The molecule has 1 saturated carbocycles. The van der Waals surface area contributed by atoms with Crippen LogP contribution in [0, 0.1) is 23.7 Å². The Morgan fingerprint density at radius 2 is 1.80 bits per heavy atom. The quantitative estimate of drug-likeness (QED) is 0.316. The molecule has 0 bridgehead atoms. The van der Waals surface area contributed by atoms with Crippen LogP contribution in [-0.4, -0.2) is 0 Å². The van der Waals surface area contributed by atoms with Crippen LogP contribution in [0.4, 0.5) is 0 Å². The van der Waals surface area contributed by atoms with E-state index < -0.39 is 0 Å². The van der Waals surface area contributed by atoms with E-state index in [2.05, 4.69) is 93.5 Å². The summed E-state index contributed by atoms with van der Waals surface area (Å²) in [6.07, 6.45) is 35.1. The van der Waals surface area contributed by atoms with E-state index in [1.807, 2.05) is 0 Å². The minimum Gasteiger partial charge on any atom is -0.0996 e. The lowest BCUT2D eigenvalue weighted by atomic mass is 9.74. The molecule has 0 aromatic carbocycles. The van der Waals surface area contributed by atoms with E-state index in [1.54, 1.807) is 0 Å². The van der Waals surface area contributed by atoms with Crippen molar-refractivity contribution in [3.8, 4) is 0 Å². The van der Waals surface area contributed by atoms with Crippen LogP contribution in [0.5, 0.6) is 0 Å². The second-order valence-corrected chi connectivity index (χ2v) is 11.1. The predicted molar refractivity (Wildman–Crippen MR) is 152 cm³/mol. The van der Waals surface area contributed by atoms with Crippen molar-refractivity contribution in [2.75, 3.05) is 0 Å². The van der Waals surface area contributed by atoms with Crippen LogP contribution in [0.2, 0.25) is 0 Å². The van der Waals surface area contributed by atoms with Gasteiger partial charge in [-0.25, -0.2) is 0 Å². The van der Waals surface area contributed by atoms with E-state index in [0.717, 1.165) is 31.1 Å². The molecule has 35 heavy (non-hydrogen) atoms. The summed E-state index contributed by atoms with van der Waals surface area (Å²) in [5, 5.41) is 0. The maximum Gasteiger partial charge on any atom is 0.0267 e. The number of hydrogen-bond acceptors (Lipinski definition) is 0. The molecule has 0 aromatic heterocycles. The average Bonchev–Trinajstić information content (AvgIpc) is 3.29. The van der Waals surface area contributed by atoms with Crippen LogP contribution in [0.25, 0.3) is 0 Å². The Bertz CT molecular complexity index is 1160. The van der Waals surface area contributed by atoms with Gasteiger partial charge in [0.15, 0.2) is 0 Å². The Hall–Kier alpha value is -2.86. The van der Waals surface area contributed by atoms with E-state index in [4.69, 9.17) is 0 Å². The summed E-state index contributed by atoms with van der Waals surface area (Å²) in [6, 6.07) is 0. The largest absolute Gasteiger partial charge is 0.0996 e. The van der Waals surface area contributed by atoms with Crippen molar-refractivity contribution < 1.29 is 0 Å². The highest BCUT2D eigenvalue weighted by molar-refractivity contribution is 5.57. The van der Waals surface area contributed by atoms with Gasteiger partial charge in [0, 0.05) is 11.8 Å². The number of rotatable bonds is 8. The Kier molecular flexibility index (Phi) is 7.09. The zero-order chi connectivity index (χ0) is 24.4. The third-order valence-electron chi connectivity index (χ3n) is 8.60. The van der Waals surface area contributed by atoms with Gasteiger partial charge in [-0.05, 0) is 78.2 Å². The lowest BCUT2D eigenvalue weighted by Gasteiger charge is -2.31. The molecule has 0 heteroatoms. The topological polar surface area (TPSA) is 0 Å². The molecule has 1 fully saturated rings. The van der Waals surface area contributed by atoms with E-state index in [0.29, 0.717) is 11.8 Å². The van der Waals surface area contributed by atoms with Crippen LogP contribution < -0.4 is 0 Å². The van der Waals surface area contributed by atoms with Gasteiger partial charge < -0.3 is 0 Å². The summed E-state index contributed by atoms with van der Waals surface area (Å²) < 4.78 is 0. The van der Waals surface area contributed by atoms with Crippen molar-refractivity contribution >= 4 is 0 Å². The normalized spacial score (nSPS) is 28.9. The molecule has 0 aliphatic heterocycles. The maximum atomic E-state index is 4.43. The molecule has 0 aromatic rings. The number of hydrogen-bond donors (Lipinski definition) is 0. The molecule has 0 radical (unpaired) electrons. The second-order valence-electron chi connectivity index (χ2n) is 11.1. The molecule has 5 aliphatic carbocycles. The molecule has 0 nitrogen and oxygen atoms in total. The van der Waals surface area contributed by atoms with Crippen LogP contribution in [0.3, 0.4) is 0 Å². The zero-order valence-electron chi connectivity index (χ0n) is 21.4. The highest BCUT2D eigenvalue weighted by atomic mass is 14.3. The van der Waals surface area contributed by atoms with Gasteiger partial charge in [-0.2, -0.15) is 0 Å². The zero-order valence-corrected chi connectivity index (χ0v) is 21.4. The Balaban J connectivity index is 1.17. The molecule has 5 aliphatic rings. The molecule has 0 saturated heterocycles. The van der Waals surface area contributed by atoms with Gasteiger partial charge in [0.25, 0.3) is 0 Å². The van der Waals surface area contributed by atoms with Crippen LogP contribution in [0.1, 0.15) is 58.3 Å². The lowest BCUT2D eigenvalue weighted by Crippen LogP contribution is -2.17. The lowest BCUT2D eigenvalue weighted by molar-refractivity contribution is 0.291. The summed E-state index contributed by atoms with van der Waals surface area (Å²) in [5.74, 6) is 2.35. The van der Waals surface area contributed by atoms with E-state index >= 15 is 0 Å². The van der Waals surface area contributed by atoms with Gasteiger partial charge >= 0.3 is 0 Å². The van der Waals surface area contributed by atoms with E-state index in [-0.39, 0.29) is 0 Å². The third kappa shape index (κ3) is 5.37. The fraction of sp³-hybridized carbons (Fsp3) is 0.371. The molecule has 180 valence electrons. The smallest absolute Gasteiger partial charge is 0.0267 e. The van der Waals surface area contributed by atoms with Crippen LogP contribution in [-0.2, 0) is 0 Å². The van der Waals surface area contributed by atoms with E-state index in [9.17, 15) is 0 Å². The second kappa shape index (κ2) is 10.4. The van der Waals surface area contributed by atoms with Crippen molar-refractivity contribution in [2.45, 2.75) is 58.3 Å². The van der Waals surface area contributed by atoms with Crippen molar-refractivity contribution in [3.05, 3.63) is 131 Å². The highest BCUT2D eigenvalue weighted by Gasteiger charge is 2.26. The monoisotopic (exact) mass is 460 g/mol. The summed E-state index contributed by atoms with van der Waals surface area (Å²) in [5.41, 5.74) is 10.8. The highest BCUT2D eigenvalue weighted by Crippen LogP contribution is 2.40. The maximum absolute atomic E-state index is 4.43. The standard InChI is InChI=1S/C35H40/c1-5-24(2)30-11-8-9-27(19-30)18-28-15-16-31-20-29(22-34(31)21-28)14-13-25(3)33-17-26(4)35-12-7-6-10-32(35)23-33/h6-7,10,12,15-17,20-23,27,30,34-35H,2-5,8-9,11,13-14,18-19H2,1H3. The molecule has 0 heterocycles. The van der Waals surface area contributed by atoms with Gasteiger partial charge in [0.05, 0.1) is 0 Å². The minimum absolute atomic E-state index is 0.333. The SMILES string of the molecule is C=C(CCC1=CC2C=C(CC3CCCC(C(=C)CC)C3)C=CC2=C1)C1=CC(=C)C2C=CC=CC2=C1. The van der Waals surface area contributed by atoms with Crippen molar-refractivity contribution in [1.82, 2.24) is 0 Å². The van der Waals surface area contributed by atoms with Gasteiger partial charge in [-0.1, -0.05) is 123 Å². The van der Waals surface area contributed by atoms with Gasteiger partial charge in [-0.15, -0.1) is 0 Å². The summed E-state index contributed by atoms with van der Waals surface area (Å²) in [7, 11) is 0. The fourth-order valence-electron chi connectivity index (χ4n) is 6.43. The first kappa shape index (κ1) is 23.9. The van der Waals surface area contributed by atoms with Crippen LogP contribution in [0.15, 0.2) is 131 Å². The first-order valence-corrected chi connectivity index (χ1v) is 13.6. The van der Waals surface area contributed by atoms with Gasteiger partial charge in [-0.3, -0.25) is 0 Å². The Morgan fingerprint density at radius 1 is 0.943 bits per heavy atom. The van der Waals surface area contributed by atoms with Gasteiger partial charge in [0.2, 0.25) is 0 Å². The number of allylic oxidation sites excluding steroid dienone is 19. The van der Waals surface area contributed by atoms with E-state index in [1.165, 1.54) is 76.7 Å². The molecule has 4 unspecified atom stereocenters. The number of fused-ring (bicyclic) bond motifs is 2. The van der Waals surface area contributed by atoms with Crippen molar-refractivity contribution in [2.24, 2.45) is 23.7 Å². The van der Waals surface area contributed by atoms with Crippen LogP contribution >= 0.6 is 0 Å². The third-order valence-corrected chi connectivity index (χ3v) is 8.60. The summed E-state index contributed by atoms with van der Waals surface area (Å²) >= 11 is 0. The first-order valence-electron chi connectivity index (χ1n) is 13.6. The molecule has 4 atom stereocenters. The molecule has 0 N–H and O–H groups in total. The Labute approximate surface area is 213 Å². The molecular formula is C35H40. The summed E-state index contributed by atoms with van der Waals surface area (Å²) in [6.45, 7) is 15.3. The Morgan fingerprint density at radius 3 is 2.66 bits per heavy atom. The summed E-state index contributed by atoms with van der Waals surface area (Å²) in [4.78, 5) is 0. The van der Waals surface area contributed by atoms with Crippen molar-refractivity contribution in [3.63, 3.8) is 0 Å². The van der Waals surface area contributed by atoms with Crippen molar-refractivity contribution in [1.29, 1.82) is 0 Å². The molecule has 5 rings (SSSR count). The first-order chi connectivity index (χ1) is 17.0. The molecular weight excluding hydrogens is 420 g/mol. The van der Waals surface area contributed by atoms with Gasteiger partial charge in [0.1, 0.15) is 0 Å². The fourth-order valence-corrected chi connectivity index (χ4v) is 6.43.